The number of rotatable bonds is 2. The molecule has 5 heteroatoms. The lowest BCUT2D eigenvalue weighted by molar-refractivity contribution is 0.548. The van der Waals surface area contributed by atoms with Gasteiger partial charge in [0.1, 0.15) is 0 Å². The Morgan fingerprint density at radius 2 is 2.29 bits per heavy atom. The number of aromatic nitrogens is 4. The molecule has 0 fully saturated rings. The zero-order chi connectivity index (χ0) is 14.2. The minimum Gasteiger partial charge on any atom is -0.322 e. The molecule has 104 valence electrons. The van der Waals surface area contributed by atoms with Crippen LogP contribution >= 0.6 is 0 Å². The van der Waals surface area contributed by atoms with E-state index in [1.807, 2.05) is 35.1 Å². The third-order valence-corrected chi connectivity index (χ3v) is 4.22. The van der Waals surface area contributed by atoms with E-state index in [-0.39, 0.29) is 0 Å². The van der Waals surface area contributed by atoms with E-state index in [0.29, 0.717) is 12.3 Å². The van der Waals surface area contributed by atoms with Crippen molar-refractivity contribution in [3.63, 3.8) is 0 Å². The zero-order valence-corrected chi connectivity index (χ0v) is 11.6. The Hall–Kier alpha value is -2.61. The van der Waals surface area contributed by atoms with Gasteiger partial charge in [0, 0.05) is 12.3 Å². The highest BCUT2D eigenvalue weighted by atomic mass is 15.4. The van der Waals surface area contributed by atoms with Crippen molar-refractivity contribution in [2.45, 2.75) is 31.6 Å². The fraction of sp³-hybridized carbons (Fsp3) is 0.312. The first-order valence-electron chi connectivity index (χ1n) is 7.25. The largest absolute Gasteiger partial charge is 0.322 e. The van der Waals surface area contributed by atoms with E-state index in [4.69, 9.17) is 5.26 Å². The second-order valence-electron chi connectivity index (χ2n) is 5.49. The van der Waals surface area contributed by atoms with E-state index in [1.54, 1.807) is 0 Å². The van der Waals surface area contributed by atoms with Crippen LogP contribution < -0.4 is 0 Å². The number of fused-ring (bicyclic) bond motifs is 2. The van der Waals surface area contributed by atoms with Crippen LogP contribution in [-0.4, -0.2) is 19.7 Å². The van der Waals surface area contributed by atoms with Crippen LogP contribution in [0, 0.1) is 11.3 Å². The molecule has 0 aliphatic heterocycles. The molecule has 0 bridgehead atoms. The zero-order valence-electron chi connectivity index (χ0n) is 11.6. The van der Waals surface area contributed by atoms with Crippen LogP contribution in [0.1, 0.15) is 36.4 Å². The van der Waals surface area contributed by atoms with Crippen molar-refractivity contribution in [1.82, 2.24) is 19.7 Å². The molecule has 4 rings (SSSR count). The molecular formula is C16H15N5. The quantitative estimate of drug-likeness (QED) is 0.782. The topological polar surface area (TPSA) is 70.3 Å². The van der Waals surface area contributed by atoms with E-state index in [9.17, 15) is 0 Å². The number of nitrogens with zero attached hydrogens (tertiary/aromatic N) is 4. The molecule has 0 radical (unpaired) electrons. The molecule has 1 aliphatic rings. The van der Waals surface area contributed by atoms with Gasteiger partial charge in [0.2, 0.25) is 5.95 Å². The van der Waals surface area contributed by atoms with Crippen LogP contribution in [0.5, 0.6) is 0 Å². The number of nitriles is 1. The average Bonchev–Trinajstić information content (AvgIpc) is 3.11. The van der Waals surface area contributed by atoms with Crippen molar-refractivity contribution in [1.29, 1.82) is 5.26 Å². The summed E-state index contributed by atoms with van der Waals surface area (Å²) in [6.45, 7) is 0. The summed E-state index contributed by atoms with van der Waals surface area (Å²) in [6.07, 6.45) is 5.65. The number of para-hydroxylation sites is 2. The SMILES string of the molecule is N#CCC1CCCc2c1cnn2-c1nc2ccccc2[nH]1. The van der Waals surface area contributed by atoms with Crippen LogP contribution in [0.2, 0.25) is 0 Å². The van der Waals surface area contributed by atoms with Gasteiger partial charge < -0.3 is 4.98 Å². The van der Waals surface area contributed by atoms with Crippen molar-refractivity contribution in [2.75, 3.05) is 0 Å². The summed E-state index contributed by atoms with van der Waals surface area (Å²) >= 11 is 0. The molecule has 1 unspecified atom stereocenters. The smallest absolute Gasteiger partial charge is 0.229 e. The molecule has 21 heavy (non-hydrogen) atoms. The normalized spacial score (nSPS) is 17.6. The lowest BCUT2D eigenvalue weighted by Gasteiger charge is -2.20. The summed E-state index contributed by atoms with van der Waals surface area (Å²) in [7, 11) is 0. The van der Waals surface area contributed by atoms with Gasteiger partial charge in [0.25, 0.3) is 0 Å². The first-order chi connectivity index (χ1) is 10.4. The Labute approximate surface area is 122 Å². The number of benzene rings is 1. The predicted molar refractivity (Wildman–Crippen MR) is 79.1 cm³/mol. The second kappa shape index (κ2) is 4.74. The van der Waals surface area contributed by atoms with Crippen LogP contribution in [0.25, 0.3) is 17.0 Å². The Morgan fingerprint density at radius 1 is 1.38 bits per heavy atom. The van der Waals surface area contributed by atoms with Gasteiger partial charge in [0.15, 0.2) is 0 Å². The third-order valence-electron chi connectivity index (χ3n) is 4.22. The molecule has 5 nitrogen and oxygen atoms in total. The molecule has 1 atom stereocenters. The molecule has 0 amide bonds. The molecule has 0 spiro atoms. The molecule has 2 heterocycles. The van der Waals surface area contributed by atoms with E-state index in [1.165, 1.54) is 11.3 Å². The van der Waals surface area contributed by atoms with Gasteiger partial charge in [0.05, 0.1) is 29.0 Å². The first kappa shape index (κ1) is 12.2. The predicted octanol–water partition coefficient (Wildman–Crippen LogP) is 3.08. The lowest BCUT2D eigenvalue weighted by atomic mass is 9.85. The van der Waals surface area contributed by atoms with E-state index >= 15 is 0 Å². The molecule has 1 aromatic carbocycles. The molecule has 3 aromatic rings. The standard InChI is InChI=1S/C16H15N5/c17-9-8-11-4-3-7-15-12(11)10-18-21(15)16-19-13-5-1-2-6-14(13)20-16/h1-2,5-6,10-11H,3-4,7-8H2,(H,19,20). The van der Waals surface area contributed by atoms with Crippen LogP contribution in [0.4, 0.5) is 0 Å². The minimum atomic E-state index is 0.317. The Kier molecular flexibility index (Phi) is 2.74. The van der Waals surface area contributed by atoms with Crippen molar-refractivity contribution < 1.29 is 0 Å². The van der Waals surface area contributed by atoms with Gasteiger partial charge in [-0.1, -0.05) is 12.1 Å². The van der Waals surface area contributed by atoms with Gasteiger partial charge in [-0.3, -0.25) is 0 Å². The Bertz CT molecular complexity index is 803. The summed E-state index contributed by atoms with van der Waals surface area (Å²) in [5.41, 5.74) is 4.37. The fourth-order valence-corrected chi connectivity index (χ4v) is 3.19. The highest BCUT2D eigenvalue weighted by molar-refractivity contribution is 5.75. The van der Waals surface area contributed by atoms with Crippen LogP contribution in [0.3, 0.4) is 0 Å². The Balaban J connectivity index is 1.81. The highest BCUT2D eigenvalue weighted by Crippen LogP contribution is 2.34. The fourth-order valence-electron chi connectivity index (χ4n) is 3.19. The summed E-state index contributed by atoms with van der Waals surface area (Å²) in [5.74, 6) is 1.08. The van der Waals surface area contributed by atoms with Gasteiger partial charge >= 0.3 is 0 Å². The number of imidazole rings is 1. The molecule has 0 saturated carbocycles. The van der Waals surface area contributed by atoms with E-state index in [0.717, 1.165) is 36.2 Å². The summed E-state index contributed by atoms with van der Waals surface area (Å²) in [6, 6.07) is 10.3. The molecular weight excluding hydrogens is 262 g/mol. The maximum Gasteiger partial charge on any atom is 0.229 e. The van der Waals surface area contributed by atoms with Crippen molar-refractivity contribution >= 4 is 11.0 Å². The first-order valence-corrected chi connectivity index (χ1v) is 7.25. The van der Waals surface area contributed by atoms with Crippen molar-refractivity contribution in [3.8, 4) is 12.0 Å². The van der Waals surface area contributed by atoms with Crippen LogP contribution in [0.15, 0.2) is 30.5 Å². The maximum absolute atomic E-state index is 8.97. The number of hydrogen-bond acceptors (Lipinski definition) is 3. The number of aromatic amines is 1. The monoisotopic (exact) mass is 277 g/mol. The summed E-state index contributed by atoms with van der Waals surface area (Å²) in [5, 5.41) is 13.5. The van der Waals surface area contributed by atoms with Crippen molar-refractivity contribution in [2.24, 2.45) is 0 Å². The second-order valence-corrected chi connectivity index (χ2v) is 5.49. The van der Waals surface area contributed by atoms with E-state index < -0.39 is 0 Å². The average molecular weight is 277 g/mol. The summed E-state index contributed by atoms with van der Waals surface area (Å²) < 4.78 is 1.90. The van der Waals surface area contributed by atoms with Gasteiger partial charge in [-0.15, -0.1) is 0 Å². The highest BCUT2D eigenvalue weighted by Gasteiger charge is 2.25. The van der Waals surface area contributed by atoms with Gasteiger partial charge in [-0.05, 0) is 37.0 Å². The summed E-state index contributed by atoms with van der Waals surface area (Å²) in [4.78, 5) is 7.93. The Morgan fingerprint density at radius 3 is 3.14 bits per heavy atom. The number of nitrogens with one attached hydrogen (secondary N) is 1. The maximum atomic E-state index is 8.97. The van der Waals surface area contributed by atoms with Gasteiger partial charge in [-0.25, -0.2) is 9.67 Å². The lowest BCUT2D eigenvalue weighted by Crippen LogP contribution is -2.12. The molecule has 1 N–H and O–H groups in total. The van der Waals surface area contributed by atoms with E-state index in [2.05, 4.69) is 21.1 Å². The molecule has 1 aliphatic carbocycles. The molecule has 0 saturated heterocycles. The number of H-pyrrole nitrogens is 1. The minimum absolute atomic E-state index is 0.317. The van der Waals surface area contributed by atoms with Crippen molar-refractivity contribution in [3.05, 3.63) is 41.7 Å². The molecule has 2 aromatic heterocycles. The third kappa shape index (κ3) is 1.91. The van der Waals surface area contributed by atoms with Gasteiger partial charge in [-0.2, -0.15) is 10.4 Å². The van der Waals surface area contributed by atoms with Crippen LogP contribution in [-0.2, 0) is 6.42 Å². The number of hydrogen-bond donors (Lipinski definition) is 1.